The van der Waals surface area contributed by atoms with Crippen LogP contribution in [0.2, 0.25) is 0 Å². The lowest BCUT2D eigenvalue weighted by atomic mass is 10.1. The molecule has 1 aromatic heterocycles. The van der Waals surface area contributed by atoms with Crippen LogP contribution < -0.4 is 4.57 Å². The van der Waals surface area contributed by atoms with Crippen LogP contribution >= 0.6 is 0 Å². The molecular formula is C16H15N2O+. The van der Waals surface area contributed by atoms with Gasteiger partial charge >= 0.3 is 0 Å². The molecule has 2 aromatic carbocycles. The minimum absolute atomic E-state index is 0.588. The van der Waals surface area contributed by atoms with Crippen LogP contribution in [0, 0.1) is 0 Å². The summed E-state index contributed by atoms with van der Waals surface area (Å²) in [4.78, 5) is 4.66. The van der Waals surface area contributed by atoms with Gasteiger partial charge in [0.2, 0.25) is 5.52 Å². The van der Waals surface area contributed by atoms with Crippen molar-refractivity contribution in [1.82, 2.24) is 4.98 Å². The Morgan fingerprint density at radius 2 is 1.68 bits per heavy atom. The first kappa shape index (κ1) is 11.8. The van der Waals surface area contributed by atoms with Gasteiger partial charge in [-0.15, -0.1) is 0 Å². The summed E-state index contributed by atoms with van der Waals surface area (Å²) in [6.07, 6.45) is 1.30. The van der Waals surface area contributed by atoms with E-state index in [4.69, 9.17) is 0 Å². The third-order valence-electron chi connectivity index (χ3n) is 3.13. The third-order valence-corrected chi connectivity index (χ3v) is 3.13. The van der Waals surface area contributed by atoms with E-state index in [-0.39, 0.29) is 0 Å². The molecular weight excluding hydrogens is 236 g/mol. The number of fused-ring (bicyclic) bond motifs is 1. The number of para-hydroxylation sites is 2. The monoisotopic (exact) mass is 251 g/mol. The molecule has 0 aliphatic heterocycles. The fourth-order valence-electron chi connectivity index (χ4n) is 2.19. The van der Waals surface area contributed by atoms with Gasteiger partial charge in [-0.2, -0.15) is 4.57 Å². The zero-order chi connectivity index (χ0) is 13.2. The average Bonchev–Trinajstić information content (AvgIpc) is 2.47. The highest BCUT2D eigenvalue weighted by Crippen LogP contribution is 2.18. The molecule has 0 bridgehead atoms. The van der Waals surface area contributed by atoms with Gasteiger partial charge in [-0.1, -0.05) is 42.5 Å². The Labute approximate surface area is 111 Å². The van der Waals surface area contributed by atoms with E-state index < -0.39 is 6.23 Å². The Morgan fingerprint density at radius 3 is 2.42 bits per heavy atom. The van der Waals surface area contributed by atoms with Gasteiger partial charge < -0.3 is 5.11 Å². The summed E-state index contributed by atoms with van der Waals surface area (Å²) in [7, 11) is 0. The minimum atomic E-state index is -0.588. The van der Waals surface area contributed by atoms with Crippen molar-refractivity contribution in [3.8, 4) is 11.3 Å². The highest BCUT2D eigenvalue weighted by molar-refractivity contribution is 5.73. The van der Waals surface area contributed by atoms with Crippen molar-refractivity contribution in [2.24, 2.45) is 0 Å². The van der Waals surface area contributed by atoms with E-state index in [1.807, 2.05) is 65.4 Å². The average molecular weight is 251 g/mol. The molecule has 3 aromatic rings. The quantitative estimate of drug-likeness (QED) is 0.711. The number of nitrogens with zero attached hydrogens (tertiary/aromatic N) is 2. The van der Waals surface area contributed by atoms with Crippen molar-refractivity contribution < 1.29 is 9.67 Å². The Hall–Kier alpha value is -2.26. The molecule has 1 heterocycles. The number of aliphatic hydroxyl groups excluding tert-OH is 1. The molecule has 94 valence electrons. The maximum atomic E-state index is 9.93. The lowest BCUT2D eigenvalue weighted by Gasteiger charge is -2.06. The number of hydrogen-bond acceptors (Lipinski definition) is 2. The predicted molar refractivity (Wildman–Crippen MR) is 74.3 cm³/mol. The first-order chi connectivity index (χ1) is 9.25. The van der Waals surface area contributed by atoms with Crippen LogP contribution in [0.3, 0.4) is 0 Å². The molecule has 1 atom stereocenters. The number of hydrogen-bond donors (Lipinski definition) is 1. The molecule has 0 saturated carbocycles. The molecule has 1 unspecified atom stereocenters. The van der Waals surface area contributed by atoms with Crippen molar-refractivity contribution in [3.63, 3.8) is 0 Å². The molecule has 0 amide bonds. The standard InChI is InChI=1S/C16H15N2O/c1-12(19)18-11-15(13-7-3-2-4-8-13)17-14-9-5-6-10-16(14)18/h2-12,19H,1H3/q+1. The predicted octanol–water partition coefficient (Wildman–Crippen LogP) is 2.70. The molecule has 0 aliphatic rings. The molecule has 0 saturated heterocycles. The Kier molecular flexibility index (Phi) is 2.97. The second kappa shape index (κ2) is 4.78. The first-order valence-corrected chi connectivity index (χ1v) is 6.30. The van der Waals surface area contributed by atoms with Gasteiger partial charge in [-0.3, -0.25) is 0 Å². The Balaban J connectivity index is 2.28. The van der Waals surface area contributed by atoms with Crippen LogP contribution in [-0.2, 0) is 0 Å². The maximum Gasteiger partial charge on any atom is 0.257 e. The highest BCUT2D eigenvalue weighted by atomic mass is 16.3. The molecule has 1 N–H and O–H groups in total. The zero-order valence-corrected chi connectivity index (χ0v) is 10.7. The number of rotatable bonds is 2. The largest absolute Gasteiger partial charge is 0.337 e. The van der Waals surface area contributed by atoms with Gasteiger partial charge in [-0.25, -0.2) is 4.98 Å². The molecule has 0 spiro atoms. The number of aliphatic hydroxyl groups is 1. The summed E-state index contributed by atoms with van der Waals surface area (Å²) < 4.78 is 1.84. The van der Waals surface area contributed by atoms with Gasteiger partial charge in [0.05, 0.1) is 0 Å². The van der Waals surface area contributed by atoms with Crippen molar-refractivity contribution in [1.29, 1.82) is 0 Å². The van der Waals surface area contributed by atoms with E-state index in [1.54, 1.807) is 6.92 Å². The minimum Gasteiger partial charge on any atom is -0.337 e. The molecule has 3 nitrogen and oxygen atoms in total. The highest BCUT2D eigenvalue weighted by Gasteiger charge is 2.17. The number of benzene rings is 2. The molecule has 19 heavy (non-hydrogen) atoms. The smallest absolute Gasteiger partial charge is 0.257 e. The van der Waals surface area contributed by atoms with Crippen molar-refractivity contribution in [3.05, 3.63) is 60.8 Å². The molecule has 3 rings (SSSR count). The zero-order valence-electron chi connectivity index (χ0n) is 10.7. The van der Waals surface area contributed by atoms with Crippen molar-refractivity contribution in [2.45, 2.75) is 13.2 Å². The van der Waals surface area contributed by atoms with Gasteiger partial charge in [0.15, 0.2) is 6.20 Å². The van der Waals surface area contributed by atoms with Gasteiger partial charge in [0, 0.05) is 18.6 Å². The van der Waals surface area contributed by atoms with Crippen molar-refractivity contribution >= 4 is 11.0 Å². The third kappa shape index (κ3) is 2.20. The first-order valence-electron chi connectivity index (χ1n) is 6.30. The van der Waals surface area contributed by atoms with Gasteiger partial charge in [0.25, 0.3) is 6.23 Å². The second-order valence-corrected chi connectivity index (χ2v) is 4.52. The lowest BCUT2D eigenvalue weighted by Crippen LogP contribution is -2.38. The second-order valence-electron chi connectivity index (χ2n) is 4.52. The fraction of sp³-hybridized carbons (Fsp3) is 0.125. The van der Waals surface area contributed by atoms with Crippen LogP contribution in [0.5, 0.6) is 0 Å². The van der Waals surface area contributed by atoms with E-state index in [0.29, 0.717) is 0 Å². The molecule has 3 heteroatoms. The van der Waals surface area contributed by atoms with E-state index in [0.717, 1.165) is 22.3 Å². The summed E-state index contributed by atoms with van der Waals surface area (Å²) in [5.41, 5.74) is 3.71. The van der Waals surface area contributed by atoms with Crippen LogP contribution in [0.25, 0.3) is 22.3 Å². The summed E-state index contributed by atoms with van der Waals surface area (Å²) in [5.74, 6) is 0. The Morgan fingerprint density at radius 1 is 1.00 bits per heavy atom. The Bertz CT molecular complexity index is 708. The maximum absolute atomic E-state index is 9.93. The molecule has 0 radical (unpaired) electrons. The van der Waals surface area contributed by atoms with E-state index in [2.05, 4.69) is 4.98 Å². The molecule has 0 fully saturated rings. The van der Waals surface area contributed by atoms with Crippen LogP contribution in [0.15, 0.2) is 60.8 Å². The van der Waals surface area contributed by atoms with Crippen molar-refractivity contribution in [2.75, 3.05) is 0 Å². The molecule has 0 aliphatic carbocycles. The van der Waals surface area contributed by atoms with Crippen LogP contribution in [0.1, 0.15) is 13.2 Å². The summed E-state index contributed by atoms with van der Waals surface area (Å²) in [6.45, 7) is 1.75. The van der Waals surface area contributed by atoms with Crippen LogP contribution in [-0.4, -0.2) is 10.1 Å². The normalized spacial score (nSPS) is 12.5. The lowest BCUT2D eigenvalue weighted by molar-refractivity contribution is -0.733. The van der Waals surface area contributed by atoms with Gasteiger partial charge in [-0.05, 0) is 6.07 Å². The van der Waals surface area contributed by atoms with E-state index >= 15 is 0 Å². The topological polar surface area (TPSA) is 37.0 Å². The fourth-order valence-corrected chi connectivity index (χ4v) is 2.19. The SMILES string of the molecule is CC(O)[n+]1cc(-c2ccccc2)nc2ccccc21. The van der Waals surface area contributed by atoms with Gasteiger partial charge in [0.1, 0.15) is 11.2 Å². The van der Waals surface area contributed by atoms with E-state index in [9.17, 15) is 5.11 Å². The summed E-state index contributed by atoms with van der Waals surface area (Å²) in [6, 6.07) is 17.8. The summed E-state index contributed by atoms with van der Waals surface area (Å²) in [5, 5.41) is 9.93. The number of aromatic nitrogens is 2. The van der Waals surface area contributed by atoms with Crippen LogP contribution in [0.4, 0.5) is 0 Å². The van der Waals surface area contributed by atoms with E-state index in [1.165, 1.54) is 0 Å². The summed E-state index contributed by atoms with van der Waals surface area (Å²) >= 11 is 0.